The minimum atomic E-state index is 0. The van der Waals surface area contributed by atoms with Gasteiger partial charge in [-0.2, -0.15) is 0 Å². The second kappa shape index (κ2) is 26.7. The summed E-state index contributed by atoms with van der Waals surface area (Å²) >= 11 is 5.86. The molecule has 27 heavy (non-hydrogen) atoms. The number of nitrogens with zero attached hydrogens (tertiary/aromatic N) is 1. The van der Waals surface area contributed by atoms with Crippen LogP contribution in [-0.2, 0) is 0 Å². The first-order valence-electron chi connectivity index (χ1n) is 12.1. The Morgan fingerprint density at radius 2 is 0.741 bits per heavy atom. The summed E-state index contributed by atoms with van der Waals surface area (Å²) in [7, 11) is 0. The largest absolute Gasteiger partial charge is 0.303 e. The summed E-state index contributed by atoms with van der Waals surface area (Å²) in [6.07, 6.45) is 25.2. The fourth-order valence-corrected chi connectivity index (χ4v) is 3.89. The van der Waals surface area contributed by atoms with Gasteiger partial charge in [0.15, 0.2) is 0 Å². The van der Waals surface area contributed by atoms with Crippen LogP contribution in [0.5, 0.6) is 0 Å². The van der Waals surface area contributed by atoms with Gasteiger partial charge >= 0.3 is 0 Å². The lowest BCUT2D eigenvalue weighted by atomic mass is 10.1. The van der Waals surface area contributed by atoms with Gasteiger partial charge in [-0.3, -0.25) is 0 Å². The summed E-state index contributed by atoms with van der Waals surface area (Å²) in [5.41, 5.74) is 0. The van der Waals surface area contributed by atoms with E-state index in [0.29, 0.717) is 0 Å². The fraction of sp³-hybridized carbons (Fsp3) is 1.00. The van der Waals surface area contributed by atoms with Gasteiger partial charge in [-0.25, -0.2) is 0 Å². The van der Waals surface area contributed by atoms with E-state index in [-0.39, 0.29) is 17.0 Å². The van der Waals surface area contributed by atoms with E-state index in [9.17, 15) is 0 Å². The third-order valence-electron chi connectivity index (χ3n) is 5.51. The molecule has 0 bridgehead atoms. The average molecular weight is 469 g/mol. The van der Waals surface area contributed by atoms with Gasteiger partial charge in [-0.05, 0) is 45.3 Å². The monoisotopic (exact) mass is 467 g/mol. The maximum atomic E-state index is 5.86. The smallest absolute Gasteiger partial charge is 0.0223 e. The molecule has 3 heteroatoms. The predicted octanol–water partition coefficient (Wildman–Crippen LogP) is 9.17. The van der Waals surface area contributed by atoms with Gasteiger partial charge in [0.1, 0.15) is 0 Å². The Labute approximate surface area is 188 Å². The van der Waals surface area contributed by atoms with Crippen LogP contribution in [0, 0.1) is 0 Å². The highest BCUT2D eigenvalue weighted by Crippen LogP contribution is 2.11. The maximum Gasteiger partial charge on any atom is 0.0223 e. The van der Waals surface area contributed by atoms with Crippen molar-refractivity contribution >= 4 is 28.6 Å². The van der Waals surface area contributed by atoms with Gasteiger partial charge in [0.05, 0.1) is 0 Å². The van der Waals surface area contributed by atoms with E-state index in [1.807, 2.05) is 0 Å². The van der Waals surface area contributed by atoms with Crippen molar-refractivity contribution in [3.05, 3.63) is 0 Å². The first kappa shape index (κ1) is 29.9. The van der Waals surface area contributed by atoms with E-state index >= 15 is 0 Å². The van der Waals surface area contributed by atoms with Gasteiger partial charge in [0.25, 0.3) is 0 Å². The van der Waals surface area contributed by atoms with Crippen LogP contribution in [0.3, 0.4) is 0 Å². The van der Waals surface area contributed by atoms with Crippen molar-refractivity contribution in [2.45, 2.75) is 129 Å². The molecule has 0 atom stereocenters. The van der Waals surface area contributed by atoms with Crippen LogP contribution in [0.1, 0.15) is 129 Å². The standard InChI is InChI=1S/C24H50ClN.BrH/c1-3-5-7-9-11-13-15-18-22-26(24-20-17-21-25)23-19-16-14-12-10-8-6-4-2;/h3-24H2,1-2H3;1H. The van der Waals surface area contributed by atoms with Gasteiger partial charge in [0.2, 0.25) is 0 Å². The number of alkyl halides is 1. The fourth-order valence-electron chi connectivity index (χ4n) is 3.70. The molecule has 0 aliphatic carbocycles. The van der Waals surface area contributed by atoms with Crippen LogP contribution in [0.25, 0.3) is 0 Å². The molecule has 0 spiro atoms. The molecule has 0 aromatic heterocycles. The normalized spacial score (nSPS) is 11.1. The zero-order chi connectivity index (χ0) is 19.1. The second-order valence-corrected chi connectivity index (χ2v) is 8.57. The first-order chi connectivity index (χ1) is 12.8. The molecule has 0 aromatic rings. The minimum Gasteiger partial charge on any atom is -0.303 e. The lowest BCUT2D eigenvalue weighted by molar-refractivity contribution is 0.256. The number of hydrogen-bond donors (Lipinski definition) is 0. The van der Waals surface area contributed by atoms with Crippen molar-refractivity contribution < 1.29 is 0 Å². The molecule has 0 saturated carbocycles. The van der Waals surface area contributed by atoms with Crippen LogP contribution in [-0.4, -0.2) is 30.4 Å². The highest BCUT2D eigenvalue weighted by molar-refractivity contribution is 8.93. The van der Waals surface area contributed by atoms with E-state index in [4.69, 9.17) is 11.6 Å². The zero-order valence-electron chi connectivity index (χ0n) is 18.8. The number of rotatable bonds is 22. The SMILES string of the molecule is Br.CCCCCCCCCCN(CCCCCl)CCCCCCCCCC. The molecular formula is C24H51BrClN. The minimum absolute atomic E-state index is 0. The van der Waals surface area contributed by atoms with Crippen molar-refractivity contribution in [2.75, 3.05) is 25.5 Å². The lowest BCUT2D eigenvalue weighted by Gasteiger charge is -2.22. The van der Waals surface area contributed by atoms with Crippen molar-refractivity contribution in [3.8, 4) is 0 Å². The second-order valence-electron chi connectivity index (χ2n) is 8.19. The average Bonchev–Trinajstić information content (AvgIpc) is 2.65. The van der Waals surface area contributed by atoms with E-state index in [1.165, 1.54) is 135 Å². The third kappa shape index (κ3) is 24.7. The van der Waals surface area contributed by atoms with Crippen LogP contribution in [0.4, 0.5) is 0 Å². The molecule has 0 aliphatic rings. The number of hydrogen-bond acceptors (Lipinski definition) is 1. The molecule has 0 unspecified atom stereocenters. The number of halogens is 2. The summed E-state index contributed by atoms with van der Waals surface area (Å²) in [6, 6.07) is 0. The van der Waals surface area contributed by atoms with Gasteiger partial charge < -0.3 is 4.90 Å². The van der Waals surface area contributed by atoms with Crippen LogP contribution in [0.2, 0.25) is 0 Å². The Morgan fingerprint density at radius 3 is 1.07 bits per heavy atom. The molecule has 0 rings (SSSR count). The summed E-state index contributed by atoms with van der Waals surface area (Å²) in [4.78, 5) is 2.72. The van der Waals surface area contributed by atoms with Crippen LogP contribution < -0.4 is 0 Å². The molecule has 0 saturated heterocycles. The molecule has 0 aliphatic heterocycles. The van der Waals surface area contributed by atoms with E-state index < -0.39 is 0 Å². The molecule has 166 valence electrons. The first-order valence-corrected chi connectivity index (χ1v) is 12.7. The molecule has 1 nitrogen and oxygen atoms in total. The quantitative estimate of drug-likeness (QED) is 0.113. The number of unbranched alkanes of at least 4 members (excludes halogenated alkanes) is 15. The molecule has 0 radical (unpaired) electrons. The lowest BCUT2D eigenvalue weighted by Crippen LogP contribution is -2.27. The Balaban J connectivity index is 0. The van der Waals surface area contributed by atoms with E-state index in [2.05, 4.69) is 18.7 Å². The summed E-state index contributed by atoms with van der Waals surface area (Å²) in [5, 5.41) is 0. The molecule has 0 aromatic carbocycles. The third-order valence-corrected chi connectivity index (χ3v) is 5.78. The topological polar surface area (TPSA) is 3.24 Å². The summed E-state index contributed by atoms with van der Waals surface area (Å²) < 4.78 is 0. The van der Waals surface area contributed by atoms with Crippen molar-refractivity contribution in [3.63, 3.8) is 0 Å². The summed E-state index contributed by atoms with van der Waals surface area (Å²) in [5.74, 6) is 0.823. The van der Waals surface area contributed by atoms with Crippen molar-refractivity contribution in [1.82, 2.24) is 4.90 Å². The highest BCUT2D eigenvalue weighted by Gasteiger charge is 2.04. The van der Waals surface area contributed by atoms with Crippen molar-refractivity contribution in [1.29, 1.82) is 0 Å². The molecule has 0 heterocycles. The van der Waals surface area contributed by atoms with E-state index in [1.54, 1.807) is 0 Å². The Hall–Kier alpha value is 0.730. The molecule has 0 fully saturated rings. The van der Waals surface area contributed by atoms with Gasteiger partial charge in [-0.15, -0.1) is 28.6 Å². The zero-order valence-corrected chi connectivity index (χ0v) is 21.3. The molecular weight excluding hydrogens is 418 g/mol. The summed E-state index contributed by atoms with van der Waals surface area (Å²) in [6.45, 7) is 8.48. The van der Waals surface area contributed by atoms with Crippen molar-refractivity contribution in [2.24, 2.45) is 0 Å². The molecule has 0 amide bonds. The highest BCUT2D eigenvalue weighted by atomic mass is 79.9. The van der Waals surface area contributed by atoms with Gasteiger partial charge in [-0.1, -0.05) is 104 Å². The Bertz CT molecular complexity index is 231. The molecule has 0 N–H and O–H groups in total. The van der Waals surface area contributed by atoms with E-state index in [0.717, 1.165) is 5.88 Å². The predicted molar refractivity (Wildman–Crippen MR) is 132 cm³/mol. The Morgan fingerprint density at radius 1 is 0.444 bits per heavy atom. The van der Waals surface area contributed by atoms with Crippen LogP contribution >= 0.6 is 28.6 Å². The van der Waals surface area contributed by atoms with Gasteiger partial charge in [0, 0.05) is 5.88 Å². The van der Waals surface area contributed by atoms with Crippen LogP contribution in [0.15, 0.2) is 0 Å². The Kier molecular flexibility index (Phi) is 29.6. The maximum absolute atomic E-state index is 5.86.